The van der Waals surface area contributed by atoms with Gasteiger partial charge in [-0.1, -0.05) is 6.07 Å². The molecule has 0 N–H and O–H groups in total. The largest absolute Gasteiger partial charge is 0.493 e. The van der Waals surface area contributed by atoms with Crippen LogP contribution in [0.5, 0.6) is 11.5 Å². The van der Waals surface area contributed by atoms with E-state index in [1.54, 1.807) is 19.6 Å². The number of methoxy groups -OCH3 is 2. The molecule has 106 valence electrons. The minimum Gasteiger partial charge on any atom is -0.493 e. The third-order valence-corrected chi connectivity index (χ3v) is 3.85. The first kappa shape index (κ1) is 14.8. The van der Waals surface area contributed by atoms with Gasteiger partial charge in [-0.3, -0.25) is 4.79 Å². The fourth-order valence-electron chi connectivity index (χ4n) is 1.75. The second kappa shape index (κ2) is 6.72. The first-order valence-electron chi connectivity index (χ1n) is 5.92. The fraction of sp³-hybridized carbons (Fsp3) is 0.286. The molecule has 0 aliphatic rings. The second-order valence-corrected chi connectivity index (χ2v) is 5.26. The number of benzene rings is 1. The van der Waals surface area contributed by atoms with Crippen molar-refractivity contribution in [3.8, 4) is 11.5 Å². The van der Waals surface area contributed by atoms with Gasteiger partial charge in [0.25, 0.3) is 0 Å². The first-order chi connectivity index (χ1) is 9.67. The molecule has 0 saturated carbocycles. The Kier molecular flexibility index (Phi) is 4.98. The Morgan fingerprint density at radius 3 is 2.70 bits per heavy atom. The van der Waals surface area contributed by atoms with Crippen molar-refractivity contribution < 1.29 is 14.3 Å². The molecule has 0 atom stereocenters. The van der Waals surface area contributed by atoms with Crippen molar-refractivity contribution in [1.82, 2.24) is 4.98 Å². The number of ketones is 1. The van der Waals surface area contributed by atoms with Gasteiger partial charge in [-0.15, -0.1) is 22.9 Å². The number of carbonyl (C=O) groups is 1. The van der Waals surface area contributed by atoms with Crippen LogP contribution in [0.2, 0.25) is 0 Å². The van der Waals surface area contributed by atoms with E-state index >= 15 is 0 Å². The number of Topliss-reactive ketones (excluding diaryl/α,β-unsaturated/α-hetero) is 1. The van der Waals surface area contributed by atoms with Crippen molar-refractivity contribution >= 4 is 28.7 Å². The summed E-state index contributed by atoms with van der Waals surface area (Å²) in [7, 11) is 3.20. The molecule has 0 amide bonds. The molecule has 0 unspecified atom stereocenters. The fourth-order valence-corrected chi connectivity index (χ4v) is 2.72. The van der Waals surface area contributed by atoms with Crippen LogP contribution < -0.4 is 9.47 Å². The molecule has 1 aromatic heterocycles. The number of hydrogen-bond donors (Lipinski definition) is 0. The number of rotatable bonds is 6. The summed E-state index contributed by atoms with van der Waals surface area (Å²) in [5.74, 6) is 1.17. The van der Waals surface area contributed by atoms with Gasteiger partial charge in [0.2, 0.25) is 0 Å². The maximum atomic E-state index is 11.4. The molecule has 6 heteroatoms. The van der Waals surface area contributed by atoms with Crippen LogP contribution in [0.1, 0.15) is 21.1 Å². The predicted molar refractivity (Wildman–Crippen MR) is 79.5 cm³/mol. The van der Waals surface area contributed by atoms with Crippen molar-refractivity contribution in [2.45, 2.75) is 6.42 Å². The predicted octanol–water partition coefficient (Wildman–Crippen LogP) is 3.17. The molecule has 20 heavy (non-hydrogen) atoms. The minimum atomic E-state index is -0.151. The van der Waals surface area contributed by atoms with E-state index in [2.05, 4.69) is 4.98 Å². The van der Waals surface area contributed by atoms with Gasteiger partial charge in [-0.25, -0.2) is 4.98 Å². The van der Waals surface area contributed by atoms with Crippen LogP contribution in [0.15, 0.2) is 23.6 Å². The Labute approximate surface area is 126 Å². The molecule has 0 aliphatic carbocycles. The molecule has 1 aromatic carbocycles. The Morgan fingerprint density at radius 1 is 1.30 bits per heavy atom. The van der Waals surface area contributed by atoms with E-state index in [1.807, 2.05) is 18.2 Å². The van der Waals surface area contributed by atoms with Gasteiger partial charge in [-0.05, 0) is 17.7 Å². The van der Waals surface area contributed by atoms with E-state index in [0.29, 0.717) is 23.6 Å². The SMILES string of the molecule is COc1ccc(Cc2nc(C(=O)CCl)cs2)cc1OC. The molecule has 4 nitrogen and oxygen atoms in total. The van der Waals surface area contributed by atoms with Crippen LogP contribution in [0.25, 0.3) is 0 Å². The number of thiazole rings is 1. The van der Waals surface area contributed by atoms with Gasteiger partial charge in [0.05, 0.1) is 25.1 Å². The van der Waals surface area contributed by atoms with E-state index in [1.165, 1.54) is 11.3 Å². The van der Waals surface area contributed by atoms with Crippen LogP contribution in [0.3, 0.4) is 0 Å². The zero-order valence-corrected chi connectivity index (χ0v) is 12.8. The third kappa shape index (κ3) is 3.29. The molecule has 1 heterocycles. The second-order valence-electron chi connectivity index (χ2n) is 4.05. The van der Waals surface area contributed by atoms with Crippen LogP contribution in [0.4, 0.5) is 0 Å². The maximum absolute atomic E-state index is 11.4. The number of alkyl halides is 1. The quantitative estimate of drug-likeness (QED) is 0.607. The zero-order chi connectivity index (χ0) is 14.5. The van der Waals surface area contributed by atoms with Gasteiger partial charge in [0.15, 0.2) is 17.3 Å². The van der Waals surface area contributed by atoms with E-state index < -0.39 is 0 Å². The van der Waals surface area contributed by atoms with Gasteiger partial charge in [-0.2, -0.15) is 0 Å². The minimum absolute atomic E-state index is 0.0421. The lowest BCUT2D eigenvalue weighted by Crippen LogP contribution is -2.01. The molecule has 0 radical (unpaired) electrons. The normalized spacial score (nSPS) is 10.3. The van der Waals surface area contributed by atoms with Crippen LogP contribution >= 0.6 is 22.9 Å². The highest BCUT2D eigenvalue weighted by Crippen LogP contribution is 2.28. The van der Waals surface area contributed by atoms with Crippen molar-refractivity contribution in [2.75, 3.05) is 20.1 Å². The van der Waals surface area contributed by atoms with Crippen molar-refractivity contribution in [2.24, 2.45) is 0 Å². The highest BCUT2D eigenvalue weighted by Gasteiger charge is 2.11. The lowest BCUT2D eigenvalue weighted by molar-refractivity contribution is 0.101. The Morgan fingerprint density at radius 2 is 2.05 bits per heavy atom. The summed E-state index contributed by atoms with van der Waals surface area (Å²) < 4.78 is 10.5. The highest BCUT2D eigenvalue weighted by atomic mass is 35.5. The molecular weight excluding hydrogens is 298 g/mol. The third-order valence-electron chi connectivity index (χ3n) is 2.76. The molecule has 0 bridgehead atoms. The number of ether oxygens (including phenoxy) is 2. The van der Waals surface area contributed by atoms with Crippen LogP contribution in [0, 0.1) is 0 Å². The van der Waals surface area contributed by atoms with Crippen LogP contribution in [-0.4, -0.2) is 30.9 Å². The lowest BCUT2D eigenvalue weighted by Gasteiger charge is -2.08. The summed E-state index contributed by atoms with van der Waals surface area (Å²) in [6.07, 6.45) is 0.639. The van der Waals surface area contributed by atoms with E-state index in [0.717, 1.165) is 10.6 Å². The summed E-state index contributed by atoms with van der Waals surface area (Å²) >= 11 is 6.96. The first-order valence-corrected chi connectivity index (χ1v) is 7.33. The Hall–Kier alpha value is -1.59. The Bertz CT molecular complexity index is 612. The smallest absolute Gasteiger partial charge is 0.196 e. The summed E-state index contributed by atoms with van der Waals surface area (Å²) in [6.45, 7) is 0. The molecular formula is C14H14ClNO3S. The van der Waals surface area contributed by atoms with E-state index in [9.17, 15) is 4.79 Å². The van der Waals surface area contributed by atoms with Crippen molar-refractivity contribution in [3.05, 3.63) is 39.8 Å². The van der Waals surface area contributed by atoms with Gasteiger partial charge in [0, 0.05) is 11.8 Å². The lowest BCUT2D eigenvalue weighted by atomic mass is 10.1. The average molecular weight is 312 g/mol. The summed E-state index contributed by atoms with van der Waals surface area (Å²) in [5.41, 5.74) is 1.47. The van der Waals surface area contributed by atoms with E-state index in [4.69, 9.17) is 21.1 Å². The molecule has 0 fully saturated rings. The number of hydrogen-bond acceptors (Lipinski definition) is 5. The number of aromatic nitrogens is 1. The Balaban J connectivity index is 2.17. The number of halogens is 1. The van der Waals surface area contributed by atoms with Gasteiger partial charge in [0.1, 0.15) is 5.69 Å². The maximum Gasteiger partial charge on any atom is 0.196 e. The van der Waals surface area contributed by atoms with Crippen molar-refractivity contribution in [1.29, 1.82) is 0 Å². The standard InChI is InChI=1S/C14H14ClNO3S/c1-18-12-4-3-9(5-13(12)19-2)6-14-16-10(8-20-14)11(17)7-15/h3-5,8H,6-7H2,1-2H3. The molecule has 0 saturated heterocycles. The van der Waals surface area contributed by atoms with Crippen LogP contribution in [-0.2, 0) is 6.42 Å². The molecule has 2 aromatic rings. The highest BCUT2D eigenvalue weighted by molar-refractivity contribution is 7.09. The number of carbonyl (C=O) groups excluding carboxylic acids is 1. The topological polar surface area (TPSA) is 48.4 Å². The van der Waals surface area contributed by atoms with Gasteiger partial charge >= 0.3 is 0 Å². The summed E-state index contributed by atoms with van der Waals surface area (Å²) in [4.78, 5) is 15.7. The average Bonchev–Trinajstić information content (AvgIpc) is 2.94. The van der Waals surface area contributed by atoms with Gasteiger partial charge < -0.3 is 9.47 Å². The molecule has 0 aliphatic heterocycles. The van der Waals surface area contributed by atoms with E-state index in [-0.39, 0.29) is 11.7 Å². The summed E-state index contributed by atoms with van der Waals surface area (Å²) in [6, 6.07) is 5.71. The zero-order valence-electron chi connectivity index (χ0n) is 11.2. The molecule has 0 spiro atoms. The van der Waals surface area contributed by atoms with Crippen molar-refractivity contribution in [3.63, 3.8) is 0 Å². The summed E-state index contributed by atoms with van der Waals surface area (Å²) in [5, 5.41) is 2.60. The number of nitrogens with zero attached hydrogens (tertiary/aromatic N) is 1. The molecule has 2 rings (SSSR count). The monoisotopic (exact) mass is 311 g/mol.